The Hall–Kier alpha value is -3.12. The first-order valence-corrected chi connectivity index (χ1v) is 12.3. The van der Waals surface area contributed by atoms with E-state index >= 15 is 0 Å². The van der Waals surface area contributed by atoms with Crippen LogP contribution in [-0.2, 0) is 27.7 Å². The molecule has 1 aliphatic rings. The van der Waals surface area contributed by atoms with Crippen molar-refractivity contribution >= 4 is 21.6 Å². The van der Waals surface area contributed by atoms with Gasteiger partial charge in [0, 0.05) is 0 Å². The van der Waals surface area contributed by atoms with E-state index in [4.69, 9.17) is 0 Å². The lowest BCUT2D eigenvalue weighted by atomic mass is 10.0. The zero-order chi connectivity index (χ0) is 22.7. The molecule has 1 unspecified atom stereocenters. The van der Waals surface area contributed by atoms with Crippen LogP contribution in [0.4, 0.5) is 5.69 Å². The van der Waals surface area contributed by atoms with Gasteiger partial charge in [0.25, 0.3) is 10.0 Å². The second-order valence-electron chi connectivity index (χ2n) is 8.28. The Bertz CT molecular complexity index is 1220. The van der Waals surface area contributed by atoms with Gasteiger partial charge in [-0.05, 0) is 73.6 Å². The molecule has 4 rings (SSSR count). The first kappa shape index (κ1) is 22.1. The average molecular weight is 449 g/mol. The summed E-state index contributed by atoms with van der Waals surface area (Å²) in [7, 11) is -3.91. The van der Waals surface area contributed by atoms with Gasteiger partial charge >= 0.3 is 0 Å². The zero-order valence-electron chi connectivity index (χ0n) is 18.4. The highest BCUT2D eigenvalue weighted by molar-refractivity contribution is 7.92. The summed E-state index contributed by atoms with van der Waals surface area (Å²) in [6.45, 7) is 3.48. The third-order valence-electron chi connectivity index (χ3n) is 6.00. The second-order valence-corrected chi connectivity index (χ2v) is 10.1. The number of aryl methyl sites for hydroxylation is 3. The summed E-state index contributed by atoms with van der Waals surface area (Å²) in [5, 5.41) is 2.99. The van der Waals surface area contributed by atoms with Gasteiger partial charge in [-0.1, -0.05) is 54.6 Å². The number of carbonyl (C=O) groups excluding carboxylic acids is 1. The zero-order valence-corrected chi connectivity index (χ0v) is 19.2. The molecule has 0 saturated heterocycles. The van der Waals surface area contributed by atoms with Crippen molar-refractivity contribution in [3.8, 4) is 0 Å². The number of anilines is 1. The van der Waals surface area contributed by atoms with Gasteiger partial charge in [-0.2, -0.15) is 0 Å². The van der Waals surface area contributed by atoms with Crippen LogP contribution in [0, 0.1) is 6.92 Å². The minimum atomic E-state index is -3.91. The fraction of sp³-hybridized carbons (Fsp3) is 0.269. The first-order chi connectivity index (χ1) is 15.4. The van der Waals surface area contributed by atoms with Crippen LogP contribution in [0.3, 0.4) is 0 Å². The highest BCUT2D eigenvalue weighted by atomic mass is 32.2. The number of hydrogen-bond donors (Lipinski definition) is 1. The van der Waals surface area contributed by atoms with Crippen molar-refractivity contribution in [2.75, 3.05) is 10.8 Å². The van der Waals surface area contributed by atoms with E-state index < -0.39 is 10.0 Å². The molecule has 0 aliphatic heterocycles. The number of sulfonamides is 1. The molecule has 0 bridgehead atoms. The molecule has 1 atom stereocenters. The van der Waals surface area contributed by atoms with Gasteiger partial charge in [0.05, 0.1) is 16.6 Å². The molecule has 0 spiro atoms. The topological polar surface area (TPSA) is 66.5 Å². The van der Waals surface area contributed by atoms with Gasteiger partial charge in [-0.3, -0.25) is 9.10 Å². The summed E-state index contributed by atoms with van der Waals surface area (Å²) < 4.78 is 28.1. The third kappa shape index (κ3) is 4.55. The average Bonchev–Trinajstić information content (AvgIpc) is 3.26. The van der Waals surface area contributed by atoms with Crippen LogP contribution in [0.1, 0.15) is 41.6 Å². The monoisotopic (exact) mass is 448 g/mol. The summed E-state index contributed by atoms with van der Waals surface area (Å²) in [6.07, 6.45) is 3.35. The van der Waals surface area contributed by atoms with Crippen molar-refractivity contribution in [1.82, 2.24) is 5.32 Å². The lowest BCUT2D eigenvalue weighted by Crippen LogP contribution is -2.41. The molecule has 32 heavy (non-hydrogen) atoms. The van der Waals surface area contributed by atoms with Crippen LogP contribution in [0.2, 0.25) is 0 Å². The SMILES string of the molecule is Cc1ccccc1N(CC(=O)NC(C)c1ccc2c(c1)CCC2)S(=O)(=O)c1ccccc1. The van der Waals surface area contributed by atoms with E-state index in [9.17, 15) is 13.2 Å². The van der Waals surface area contributed by atoms with E-state index in [0.717, 1.165) is 24.0 Å². The van der Waals surface area contributed by atoms with Crippen LogP contribution in [0.5, 0.6) is 0 Å². The summed E-state index contributed by atoms with van der Waals surface area (Å²) in [5.74, 6) is -0.347. The van der Waals surface area contributed by atoms with Crippen molar-refractivity contribution in [3.63, 3.8) is 0 Å². The standard InChI is InChI=1S/C26H28N2O3S/c1-19-9-6-7-14-25(19)28(32(30,31)24-12-4-3-5-13-24)18-26(29)27-20(2)22-16-15-21-10-8-11-23(21)17-22/h3-7,9,12-17,20H,8,10-11,18H2,1-2H3,(H,27,29). The maximum absolute atomic E-state index is 13.5. The summed E-state index contributed by atoms with van der Waals surface area (Å²) in [4.78, 5) is 13.2. The van der Waals surface area contributed by atoms with E-state index in [-0.39, 0.29) is 23.4 Å². The number of para-hydroxylation sites is 1. The summed E-state index contributed by atoms with van der Waals surface area (Å²) in [6, 6.07) is 21.6. The van der Waals surface area contributed by atoms with E-state index in [1.54, 1.807) is 42.5 Å². The molecule has 0 fully saturated rings. The van der Waals surface area contributed by atoms with E-state index in [1.807, 2.05) is 26.0 Å². The molecule has 3 aromatic carbocycles. The molecule has 1 aliphatic carbocycles. The first-order valence-electron chi connectivity index (χ1n) is 10.9. The fourth-order valence-corrected chi connectivity index (χ4v) is 5.73. The molecule has 1 N–H and O–H groups in total. The van der Waals surface area contributed by atoms with Crippen molar-refractivity contribution in [2.45, 2.75) is 44.0 Å². The van der Waals surface area contributed by atoms with Gasteiger partial charge in [0.1, 0.15) is 6.54 Å². The Kier molecular flexibility index (Phi) is 6.33. The van der Waals surface area contributed by atoms with Gasteiger partial charge in [-0.25, -0.2) is 8.42 Å². The number of nitrogens with one attached hydrogen (secondary N) is 1. The number of nitrogens with zero attached hydrogens (tertiary/aromatic N) is 1. The molecule has 166 valence electrons. The molecule has 6 heteroatoms. The van der Waals surface area contributed by atoms with Crippen LogP contribution < -0.4 is 9.62 Å². The molecule has 0 radical (unpaired) electrons. The van der Waals surface area contributed by atoms with Crippen molar-refractivity contribution in [3.05, 3.63) is 95.1 Å². The number of fused-ring (bicyclic) bond motifs is 1. The Morgan fingerprint density at radius 1 is 0.969 bits per heavy atom. The normalized spacial score (nSPS) is 13.9. The van der Waals surface area contributed by atoms with E-state index in [0.29, 0.717) is 5.69 Å². The number of benzene rings is 3. The van der Waals surface area contributed by atoms with Gasteiger partial charge < -0.3 is 5.32 Å². The molecule has 0 saturated carbocycles. The summed E-state index contributed by atoms with van der Waals surface area (Å²) in [5.41, 5.74) is 5.04. The quantitative estimate of drug-likeness (QED) is 0.576. The van der Waals surface area contributed by atoms with E-state index in [1.165, 1.54) is 21.9 Å². The van der Waals surface area contributed by atoms with E-state index in [2.05, 4.69) is 23.5 Å². The molecular formula is C26H28N2O3S. The minimum absolute atomic E-state index is 0.155. The Morgan fingerprint density at radius 3 is 2.41 bits per heavy atom. The second kappa shape index (κ2) is 9.17. The van der Waals surface area contributed by atoms with Crippen LogP contribution >= 0.6 is 0 Å². The largest absolute Gasteiger partial charge is 0.348 e. The van der Waals surface area contributed by atoms with Crippen molar-refractivity contribution in [2.24, 2.45) is 0 Å². The Labute approximate surface area is 190 Å². The molecule has 5 nitrogen and oxygen atoms in total. The van der Waals surface area contributed by atoms with Crippen molar-refractivity contribution < 1.29 is 13.2 Å². The lowest BCUT2D eigenvalue weighted by molar-refractivity contribution is -0.120. The number of amides is 1. The minimum Gasteiger partial charge on any atom is -0.348 e. The van der Waals surface area contributed by atoms with Crippen LogP contribution in [0.25, 0.3) is 0 Å². The highest BCUT2D eigenvalue weighted by Crippen LogP contribution is 2.28. The third-order valence-corrected chi connectivity index (χ3v) is 7.78. The number of hydrogen-bond acceptors (Lipinski definition) is 3. The van der Waals surface area contributed by atoms with Gasteiger partial charge in [0.15, 0.2) is 0 Å². The van der Waals surface area contributed by atoms with Gasteiger partial charge in [0.2, 0.25) is 5.91 Å². The molecule has 1 amide bonds. The lowest BCUT2D eigenvalue weighted by Gasteiger charge is -2.26. The highest BCUT2D eigenvalue weighted by Gasteiger charge is 2.28. The maximum atomic E-state index is 13.5. The molecule has 0 heterocycles. The van der Waals surface area contributed by atoms with Crippen LogP contribution in [-0.4, -0.2) is 20.9 Å². The number of rotatable bonds is 7. The van der Waals surface area contributed by atoms with Crippen molar-refractivity contribution in [1.29, 1.82) is 0 Å². The predicted molar refractivity (Wildman–Crippen MR) is 127 cm³/mol. The smallest absolute Gasteiger partial charge is 0.264 e. The Balaban J connectivity index is 1.58. The fourth-order valence-electron chi connectivity index (χ4n) is 4.22. The Morgan fingerprint density at radius 2 is 1.66 bits per heavy atom. The summed E-state index contributed by atoms with van der Waals surface area (Å²) >= 11 is 0. The maximum Gasteiger partial charge on any atom is 0.264 e. The predicted octanol–water partition coefficient (Wildman–Crippen LogP) is 4.56. The molecule has 3 aromatic rings. The molecular weight excluding hydrogens is 420 g/mol. The number of carbonyl (C=O) groups is 1. The van der Waals surface area contributed by atoms with Crippen LogP contribution in [0.15, 0.2) is 77.7 Å². The molecule has 0 aromatic heterocycles. The van der Waals surface area contributed by atoms with Gasteiger partial charge in [-0.15, -0.1) is 0 Å².